The maximum Gasteiger partial charge on any atom is 0.328 e. The number of nitrogens with zero attached hydrogens (tertiary/aromatic N) is 2. The van der Waals surface area contributed by atoms with Crippen LogP contribution in [0.3, 0.4) is 0 Å². The minimum atomic E-state index is -0.412. The van der Waals surface area contributed by atoms with Crippen LogP contribution in [0.4, 0.5) is 0 Å². The topological polar surface area (TPSA) is 84.4 Å². The van der Waals surface area contributed by atoms with Crippen molar-refractivity contribution in [2.75, 3.05) is 26.2 Å². The van der Waals surface area contributed by atoms with E-state index in [-0.39, 0.29) is 29.9 Å². The Bertz CT molecular complexity index is 1170. The molecule has 0 spiro atoms. The number of ether oxygens (including phenoxy) is 1. The van der Waals surface area contributed by atoms with Gasteiger partial charge in [-0.1, -0.05) is 42.5 Å². The second-order valence-corrected chi connectivity index (χ2v) is 7.90. The van der Waals surface area contributed by atoms with Crippen LogP contribution in [0.25, 0.3) is 10.9 Å². The zero-order valence-corrected chi connectivity index (χ0v) is 17.6. The molecule has 1 aliphatic heterocycles. The number of hydrogen-bond acceptors (Lipinski definition) is 5. The molecular formula is C24H27N3O4. The van der Waals surface area contributed by atoms with Crippen LogP contribution >= 0.6 is 0 Å². The number of likely N-dealkylation sites (tertiary alicyclic amines) is 1. The number of para-hydroxylation sites is 1. The van der Waals surface area contributed by atoms with Crippen LogP contribution in [0.15, 0.2) is 64.2 Å². The molecule has 1 aliphatic rings. The Morgan fingerprint density at radius 3 is 2.58 bits per heavy atom. The Kier molecular flexibility index (Phi) is 6.32. The molecule has 0 amide bonds. The number of benzene rings is 2. The number of nitrogens with one attached hydrogen (secondary N) is 1. The van der Waals surface area contributed by atoms with Crippen LogP contribution in [0, 0.1) is 5.92 Å². The van der Waals surface area contributed by atoms with Gasteiger partial charge in [0.15, 0.2) is 0 Å². The lowest BCUT2D eigenvalue weighted by molar-refractivity contribution is -0.150. The lowest BCUT2D eigenvalue weighted by Crippen LogP contribution is -2.46. The Hall–Kier alpha value is -3.19. The summed E-state index contributed by atoms with van der Waals surface area (Å²) in [5.41, 5.74) is 0.979. The molecule has 1 N–H and O–H groups in total. The second-order valence-electron chi connectivity index (χ2n) is 7.90. The van der Waals surface area contributed by atoms with Crippen molar-refractivity contribution in [2.45, 2.75) is 25.8 Å². The number of esters is 1. The highest BCUT2D eigenvalue weighted by Gasteiger charge is 2.36. The number of hydrogen-bond donors (Lipinski definition) is 1. The summed E-state index contributed by atoms with van der Waals surface area (Å²) in [5.74, 6) is -0.368. The molecule has 162 valence electrons. The summed E-state index contributed by atoms with van der Waals surface area (Å²) in [6.07, 6.45) is 0.816. The molecule has 2 aromatic carbocycles. The van der Waals surface area contributed by atoms with Crippen molar-refractivity contribution in [3.05, 3.63) is 81.0 Å². The van der Waals surface area contributed by atoms with Crippen molar-refractivity contribution in [1.82, 2.24) is 14.5 Å². The summed E-state index contributed by atoms with van der Waals surface area (Å²) in [6, 6.07) is 17.1. The fourth-order valence-electron chi connectivity index (χ4n) is 4.45. The Balaban J connectivity index is 1.51. The third-order valence-corrected chi connectivity index (χ3v) is 6.04. The monoisotopic (exact) mass is 421 g/mol. The molecule has 31 heavy (non-hydrogen) atoms. The van der Waals surface area contributed by atoms with E-state index < -0.39 is 5.69 Å². The SMILES string of the molecule is CCOC(=O)[C@@H]1CN(CCn2c(=O)[nH]c3ccccc3c2=O)CC[C@@H]1c1ccccc1. The molecule has 0 unspecified atom stereocenters. The Labute approximate surface area is 180 Å². The molecule has 0 radical (unpaired) electrons. The number of fused-ring (bicyclic) bond motifs is 1. The molecule has 4 rings (SSSR count). The fourth-order valence-corrected chi connectivity index (χ4v) is 4.45. The van der Waals surface area contributed by atoms with E-state index in [4.69, 9.17) is 4.74 Å². The maximum absolute atomic E-state index is 12.8. The third kappa shape index (κ3) is 4.46. The van der Waals surface area contributed by atoms with Gasteiger partial charge in [-0.05, 0) is 43.5 Å². The zero-order chi connectivity index (χ0) is 21.8. The fraction of sp³-hybridized carbons (Fsp3) is 0.375. The van der Waals surface area contributed by atoms with Crippen LogP contribution in [-0.4, -0.2) is 46.7 Å². The van der Waals surface area contributed by atoms with Crippen LogP contribution in [0.1, 0.15) is 24.8 Å². The van der Waals surface area contributed by atoms with Crippen molar-refractivity contribution in [3.63, 3.8) is 0 Å². The van der Waals surface area contributed by atoms with Gasteiger partial charge >= 0.3 is 11.7 Å². The molecule has 0 saturated carbocycles. The van der Waals surface area contributed by atoms with E-state index >= 15 is 0 Å². The van der Waals surface area contributed by atoms with Gasteiger partial charge in [0.25, 0.3) is 5.56 Å². The molecule has 2 atom stereocenters. The second kappa shape index (κ2) is 9.31. The molecule has 0 aliphatic carbocycles. The van der Waals surface area contributed by atoms with Crippen molar-refractivity contribution < 1.29 is 9.53 Å². The normalized spacial score (nSPS) is 19.4. The molecule has 1 fully saturated rings. The number of H-pyrrole nitrogens is 1. The van der Waals surface area contributed by atoms with Gasteiger partial charge in [0.2, 0.25) is 0 Å². The van der Waals surface area contributed by atoms with Crippen LogP contribution in [-0.2, 0) is 16.1 Å². The average molecular weight is 421 g/mol. The number of aromatic nitrogens is 2. The van der Waals surface area contributed by atoms with Crippen LogP contribution in [0.5, 0.6) is 0 Å². The Morgan fingerprint density at radius 1 is 1.06 bits per heavy atom. The van der Waals surface area contributed by atoms with E-state index in [2.05, 4.69) is 22.0 Å². The van der Waals surface area contributed by atoms with Gasteiger partial charge in [0, 0.05) is 19.6 Å². The summed E-state index contributed by atoms with van der Waals surface area (Å²) in [7, 11) is 0. The summed E-state index contributed by atoms with van der Waals surface area (Å²) in [5, 5.41) is 0.495. The van der Waals surface area contributed by atoms with E-state index in [0.717, 1.165) is 18.5 Å². The summed E-state index contributed by atoms with van der Waals surface area (Å²) < 4.78 is 6.60. The smallest absolute Gasteiger partial charge is 0.328 e. The molecule has 0 bridgehead atoms. The first kappa shape index (κ1) is 21.1. The number of carbonyl (C=O) groups is 1. The summed E-state index contributed by atoms with van der Waals surface area (Å²) in [6.45, 7) is 4.27. The Morgan fingerprint density at radius 2 is 1.81 bits per heavy atom. The molecule has 7 heteroatoms. The molecule has 2 heterocycles. The summed E-state index contributed by atoms with van der Waals surface area (Å²) >= 11 is 0. The van der Waals surface area contributed by atoms with E-state index in [1.807, 2.05) is 25.1 Å². The van der Waals surface area contributed by atoms with E-state index in [1.54, 1.807) is 24.3 Å². The largest absolute Gasteiger partial charge is 0.466 e. The van der Waals surface area contributed by atoms with Gasteiger partial charge < -0.3 is 14.6 Å². The first-order valence-electron chi connectivity index (χ1n) is 10.7. The molecule has 1 saturated heterocycles. The number of piperidine rings is 1. The third-order valence-electron chi connectivity index (χ3n) is 6.04. The predicted molar refractivity (Wildman–Crippen MR) is 119 cm³/mol. The molecule has 7 nitrogen and oxygen atoms in total. The minimum Gasteiger partial charge on any atom is -0.466 e. The lowest BCUT2D eigenvalue weighted by atomic mass is 9.80. The van der Waals surface area contributed by atoms with Gasteiger partial charge in [0.1, 0.15) is 0 Å². The van der Waals surface area contributed by atoms with Gasteiger partial charge in [-0.25, -0.2) is 4.79 Å². The van der Waals surface area contributed by atoms with Crippen LogP contribution in [0.2, 0.25) is 0 Å². The average Bonchev–Trinajstić information content (AvgIpc) is 2.79. The van der Waals surface area contributed by atoms with Crippen molar-refractivity contribution in [2.24, 2.45) is 5.92 Å². The van der Waals surface area contributed by atoms with Crippen LogP contribution < -0.4 is 11.2 Å². The molecule has 1 aromatic heterocycles. The standard InChI is InChI=1S/C24H27N3O4/c1-2-31-23(29)20-16-26(13-12-18(20)17-8-4-3-5-9-17)14-15-27-22(28)19-10-6-7-11-21(19)25-24(27)30/h3-11,18,20H,2,12-16H2,1H3,(H,25,30)/t18-,20-/m1/s1. The lowest BCUT2D eigenvalue weighted by Gasteiger charge is -2.37. The van der Waals surface area contributed by atoms with E-state index in [9.17, 15) is 14.4 Å². The zero-order valence-electron chi connectivity index (χ0n) is 17.6. The molecular weight excluding hydrogens is 394 g/mol. The van der Waals surface area contributed by atoms with Gasteiger partial charge in [-0.2, -0.15) is 0 Å². The van der Waals surface area contributed by atoms with Gasteiger partial charge in [-0.15, -0.1) is 0 Å². The quantitative estimate of drug-likeness (QED) is 0.618. The number of carbonyl (C=O) groups excluding carboxylic acids is 1. The maximum atomic E-state index is 12.8. The first-order chi connectivity index (χ1) is 15.1. The highest BCUT2D eigenvalue weighted by molar-refractivity contribution is 5.77. The molecule has 3 aromatic rings. The van der Waals surface area contributed by atoms with E-state index in [1.165, 1.54) is 4.57 Å². The van der Waals surface area contributed by atoms with Gasteiger partial charge in [0.05, 0.1) is 23.4 Å². The van der Waals surface area contributed by atoms with Crippen molar-refractivity contribution >= 4 is 16.9 Å². The van der Waals surface area contributed by atoms with Crippen molar-refractivity contribution in [1.29, 1.82) is 0 Å². The number of aromatic amines is 1. The van der Waals surface area contributed by atoms with Crippen molar-refractivity contribution in [3.8, 4) is 0 Å². The highest BCUT2D eigenvalue weighted by Crippen LogP contribution is 2.33. The first-order valence-corrected chi connectivity index (χ1v) is 10.7. The summed E-state index contributed by atoms with van der Waals surface area (Å²) in [4.78, 5) is 42.8. The van der Waals surface area contributed by atoms with E-state index in [0.29, 0.717) is 30.6 Å². The number of rotatable bonds is 6. The highest BCUT2D eigenvalue weighted by atomic mass is 16.5. The minimum absolute atomic E-state index is 0.100. The van der Waals surface area contributed by atoms with Gasteiger partial charge in [-0.3, -0.25) is 14.2 Å². The predicted octanol–water partition coefficient (Wildman–Crippen LogP) is 2.36.